The first-order valence-electron chi connectivity index (χ1n) is 7.63. The number of rotatable bonds is 9. The lowest BCUT2D eigenvalue weighted by Crippen LogP contribution is -2.31. The summed E-state index contributed by atoms with van der Waals surface area (Å²) < 4.78 is 27.3. The van der Waals surface area contributed by atoms with Gasteiger partial charge in [0.1, 0.15) is 6.61 Å². The van der Waals surface area contributed by atoms with Crippen molar-refractivity contribution in [1.82, 2.24) is 5.32 Å². The number of hydrogen-bond acceptors (Lipinski definition) is 4. The fraction of sp³-hybridized carbons (Fsp3) is 0.562. The Kier molecular flexibility index (Phi) is 8.41. The fourth-order valence-corrected chi connectivity index (χ4v) is 3.16. The molecule has 1 atom stereocenters. The van der Waals surface area contributed by atoms with Crippen molar-refractivity contribution < 1.29 is 17.9 Å². The minimum absolute atomic E-state index is 0.0489. The highest BCUT2D eigenvalue weighted by Gasteiger charge is 2.16. The highest BCUT2D eigenvalue weighted by molar-refractivity contribution is 8.13. The summed E-state index contributed by atoms with van der Waals surface area (Å²) in [5.41, 5.74) is 0.912. The third-order valence-electron chi connectivity index (χ3n) is 3.32. The van der Waals surface area contributed by atoms with Gasteiger partial charge in [-0.1, -0.05) is 44.2 Å². The molecule has 0 aromatic heterocycles. The van der Waals surface area contributed by atoms with Crippen molar-refractivity contribution in [2.24, 2.45) is 11.8 Å². The lowest BCUT2D eigenvalue weighted by atomic mass is 9.95. The van der Waals surface area contributed by atoms with E-state index >= 15 is 0 Å². The molecule has 1 N–H and O–H groups in total. The van der Waals surface area contributed by atoms with Gasteiger partial charge in [0.25, 0.3) is 0 Å². The van der Waals surface area contributed by atoms with E-state index < -0.39 is 15.1 Å². The van der Waals surface area contributed by atoms with Gasteiger partial charge < -0.3 is 10.1 Å². The Morgan fingerprint density at radius 3 is 2.48 bits per heavy atom. The maximum absolute atomic E-state index is 11.7. The van der Waals surface area contributed by atoms with Crippen molar-refractivity contribution in [3.63, 3.8) is 0 Å². The van der Waals surface area contributed by atoms with Gasteiger partial charge in [0.2, 0.25) is 9.05 Å². The molecular formula is C16H24ClNO4S. The highest BCUT2D eigenvalue weighted by atomic mass is 35.7. The largest absolute Gasteiger partial charge is 0.445 e. The molecular weight excluding hydrogens is 338 g/mol. The monoisotopic (exact) mass is 361 g/mol. The summed E-state index contributed by atoms with van der Waals surface area (Å²) >= 11 is 0. The van der Waals surface area contributed by atoms with Crippen LogP contribution in [0.3, 0.4) is 0 Å². The van der Waals surface area contributed by atoms with Gasteiger partial charge in [-0.15, -0.1) is 0 Å². The second kappa shape index (κ2) is 9.78. The molecule has 0 saturated heterocycles. The number of ether oxygens (including phenoxy) is 1. The van der Waals surface area contributed by atoms with Crippen LogP contribution in [0.4, 0.5) is 4.79 Å². The van der Waals surface area contributed by atoms with E-state index in [-0.39, 0.29) is 18.3 Å². The number of benzene rings is 1. The van der Waals surface area contributed by atoms with Crippen LogP contribution in [0.2, 0.25) is 0 Å². The van der Waals surface area contributed by atoms with Crippen LogP contribution in [0.15, 0.2) is 30.3 Å². The zero-order valence-corrected chi connectivity index (χ0v) is 15.1. The van der Waals surface area contributed by atoms with Crippen molar-refractivity contribution in [1.29, 1.82) is 0 Å². The number of amides is 1. The van der Waals surface area contributed by atoms with E-state index in [9.17, 15) is 13.2 Å². The Bertz CT molecular complexity index is 575. The van der Waals surface area contributed by atoms with Crippen molar-refractivity contribution in [2.75, 3.05) is 12.3 Å². The number of nitrogens with one attached hydrogen (secondary N) is 1. The van der Waals surface area contributed by atoms with Gasteiger partial charge in [0.05, 0.1) is 5.75 Å². The van der Waals surface area contributed by atoms with Crippen LogP contribution in [-0.4, -0.2) is 26.8 Å². The average Bonchev–Trinajstić information content (AvgIpc) is 2.47. The second-order valence-electron chi connectivity index (χ2n) is 5.97. The number of hydrogen-bond donors (Lipinski definition) is 1. The molecule has 0 fully saturated rings. The molecule has 0 heterocycles. The Morgan fingerprint density at radius 2 is 1.91 bits per heavy atom. The van der Waals surface area contributed by atoms with Crippen LogP contribution in [0.1, 0.15) is 32.3 Å². The highest BCUT2D eigenvalue weighted by Crippen LogP contribution is 2.17. The van der Waals surface area contributed by atoms with E-state index in [2.05, 4.69) is 19.2 Å². The molecule has 0 saturated carbocycles. The molecule has 7 heteroatoms. The number of alkyl carbamates (subject to hydrolysis) is 1. The van der Waals surface area contributed by atoms with E-state index in [1.54, 1.807) is 0 Å². The van der Waals surface area contributed by atoms with Crippen LogP contribution < -0.4 is 5.32 Å². The van der Waals surface area contributed by atoms with Gasteiger partial charge in [-0.2, -0.15) is 0 Å². The minimum atomic E-state index is -3.51. The first kappa shape index (κ1) is 19.8. The molecule has 0 bridgehead atoms. The minimum Gasteiger partial charge on any atom is -0.445 e. The lowest BCUT2D eigenvalue weighted by Gasteiger charge is -2.19. The Morgan fingerprint density at radius 1 is 1.26 bits per heavy atom. The molecule has 1 unspecified atom stereocenters. The van der Waals surface area contributed by atoms with Gasteiger partial charge in [0.15, 0.2) is 0 Å². The van der Waals surface area contributed by atoms with E-state index in [4.69, 9.17) is 15.4 Å². The standard InChI is InChI=1S/C16H24ClNO4S/c1-13(2)10-15(8-9-23(17,20)21)11-18-16(19)22-12-14-6-4-3-5-7-14/h3-7,13,15H,8-12H2,1-2H3,(H,18,19). The third-order valence-corrected chi connectivity index (χ3v) is 4.51. The molecule has 23 heavy (non-hydrogen) atoms. The van der Waals surface area contributed by atoms with Crippen molar-refractivity contribution in [3.05, 3.63) is 35.9 Å². The number of carbonyl (C=O) groups excluding carboxylic acids is 1. The first-order chi connectivity index (χ1) is 10.8. The predicted octanol–water partition coefficient (Wildman–Crippen LogP) is 3.53. The molecule has 5 nitrogen and oxygen atoms in total. The molecule has 1 aromatic carbocycles. The molecule has 0 radical (unpaired) electrons. The van der Waals surface area contributed by atoms with Crippen molar-refractivity contribution in [2.45, 2.75) is 33.3 Å². The molecule has 0 aliphatic heterocycles. The fourth-order valence-electron chi connectivity index (χ4n) is 2.28. The van der Waals surface area contributed by atoms with Gasteiger partial charge in [-0.25, -0.2) is 13.2 Å². The maximum atomic E-state index is 11.7. The lowest BCUT2D eigenvalue weighted by molar-refractivity contribution is 0.137. The third kappa shape index (κ3) is 10.2. The van der Waals surface area contributed by atoms with Crippen LogP contribution in [0.25, 0.3) is 0 Å². The average molecular weight is 362 g/mol. The Balaban J connectivity index is 2.38. The van der Waals surface area contributed by atoms with Crippen LogP contribution in [0.5, 0.6) is 0 Å². The zero-order valence-electron chi connectivity index (χ0n) is 13.5. The summed E-state index contributed by atoms with van der Waals surface area (Å²) in [4.78, 5) is 11.7. The van der Waals surface area contributed by atoms with Crippen LogP contribution >= 0.6 is 10.7 Å². The summed E-state index contributed by atoms with van der Waals surface area (Å²) in [6.45, 7) is 4.68. The molecule has 0 aliphatic rings. The summed E-state index contributed by atoms with van der Waals surface area (Å²) in [6, 6.07) is 9.40. The van der Waals surface area contributed by atoms with Crippen LogP contribution in [0, 0.1) is 11.8 Å². The normalized spacial score (nSPS) is 12.9. The van der Waals surface area contributed by atoms with Gasteiger partial charge in [-0.05, 0) is 30.2 Å². The van der Waals surface area contributed by atoms with Crippen LogP contribution in [-0.2, 0) is 20.4 Å². The van der Waals surface area contributed by atoms with Gasteiger partial charge >= 0.3 is 6.09 Å². The van der Waals surface area contributed by atoms with E-state index in [0.29, 0.717) is 18.9 Å². The number of halogens is 1. The summed E-state index contributed by atoms with van der Waals surface area (Å²) in [5, 5.41) is 2.70. The SMILES string of the molecule is CC(C)CC(CCS(=O)(=O)Cl)CNC(=O)OCc1ccccc1. The molecule has 130 valence electrons. The quantitative estimate of drug-likeness (QED) is 0.683. The molecule has 1 rings (SSSR count). The van der Waals surface area contributed by atoms with Gasteiger partial charge in [-0.3, -0.25) is 0 Å². The number of carbonyl (C=O) groups is 1. The van der Waals surface area contributed by atoms with Crippen molar-refractivity contribution in [3.8, 4) is 0 Å². The Hall–Kier alpha value is -1.27. The Labute approximate surface area is 142 Å². The summed E-state index contributed by atoms with van der Waals surface area (Å²) in [5.74, 6) is 0.361. The zero-order chi connectivity index (χ0) is 17.3. The van der Waals surface area contributed by atoms with E-state index in [1.807, 2.05) is 30.3 Å². The first-order valence-corrected chi connectivity index (χ1v) is 10.1. The topological polar surface area (TPSA) is 72.5 Å². The van der Waals surface area contributed by atoms with Crippen molar-refractivity contribution >= 4 is 25.8 Å². The molecule has 0 spiro atoms. The maximum Gasteiger partial charge on any atom is 0.407 e. The summed E-state index contributed by atoms with van der Waals surface area (Å²) in [7, 11) is 1.74. The second-order valence-corrected chi connectivity index (χ2v) is 8.87. The smallest absolute Gasteiger partial charge is 0.407 e. The molecule has 1 amide bonds. The van der Waals surface area contributed by atoms with Gasteiger partial charge in [0, 0.05) is 17.2 Å². The summed E-state index contributed by atoms with van der Waals surface area (Å²) in [6.07, 6.45) is 0.727. The van der Waals surface area contributed by atoms with E-state index in [0.717, 1.165) is 12.0 Å². The molecule has 0 aliphatic carbocycles. The van der Waals surface area contributed by atoms with E-state index in [1.165, 1.54) is 0 Å². The predicted molar refractivity (Wildman–Crippen MR) is 91.8 cm³/mol. The molecule has 1 aromatic rings.